The van der Waals surface area contributed by atoms with Crippen molar-refractivity contribution >= 4 is 28.8 Å². The molecule has 0 unspecified atom stereocenters. The Labute approximate surface area is 125 Å². The van der Waals surface area contributed by atoms with Crippen LogP contribution in [0, 0.1) is 6.92 Å². The molecule has 0 amide bonds. The Morgan fingerprint density at radius 1 is 1.36 bits per heavy atom. The van der Waals surface area contributed by atoms with Crippen LogP contribution in [0.25, 0.3) is 22.3 Å². The highest BCUT2D eigenvalue weighted by Crippen LogP contribution is 2.29. The van der Waals surface area contributed by atoms with Crippen molar-refractivity contribution in [2.45, 2.75) is 6.92 Å². The number of nitrogens with zero attached hydrogens (tertiary/aromatic N) is 3. The molecule has 0 fully saturated rings. The zero-order chi connectivity index (χ0) is 15.7. The highest BCUT2D eigenvalue weighted by molar-refractivity contribution is 5.94. The van der Waals surface area contributed by atoms with Crippen LogP contribution in [0.1, 0.15) is 5.69 Å². The Morgan fingerprint density at radius 3 is 2.91 bits per heavy atom. The number of aromatic nitrogens is 4. The molecule has 112 valence electrons. The Kier molecular flexibility index (Phi) is 3.34. The monoisotopic (exact) mass is 298 g/mol. The summed E-state index contributed by atoms with van der Waals surface area (Å²) in [6.07, 6.45) is 1.76. The second kappa shape index (κ2) is 5.32. The molecular formula is C14H14N6O2. The van der Waals surface area contributed by atoms with Crippen LogP contribution >= 0.6 is 0 Å². The number of pyridine rings is 1. The molecule has 0 saturated carbocycles. The van der Waals surface area contributed by atoms with E-state index in [9.17, 15) is 4.79 Å². The average Bonchev–Trinajstić information content (AvgIpc) is 2.91. The van der Waals surface area contributed by atoms with E-state index < -0.39 is 5.97 Å². The van der Waals surface area contributed by atoms with Gasteiger partial charge in [0.25, 0.3) is 0 Å². The molecule has 22 heavy (non-hydrogen) atoms. The van der Waals surface area contributed by atoms with Gasteiger partial charge < -0.3 is 21.1 Å². The first-order valence-corrected chi connectivity index (χ1v) is 6.58. The summed E-state index contributed by atoms with van der Waals surface area (Å²) in [6, 6.07) is 5.45. The standard InChI is InChI=1S/C14H14N6O2/c1-7-4-10(19-14(15)18-7)9-5-11(17-6-12(21)22)20-13-8(9)2-3-16-13/h2-5H,6H2,1H3,(H,21,22)(H2,15,18,19)(H2,16,17,20). The van der Waals surface area contributed by atoms with E-state index in [4.69, 9.17) is 10.8 Å². The summed E-state index contributed by atoms with van der Waals surface area (Å²) in [5.74, 6) is -0.324. The number of aliphatic carboxylic acids is 1. The first kappa shape index (κ1) is 13.8. The second-order valence-electron chi connectivity index (χ2n) is 4.80. The lowest BCUT2D eigenvalue weighted by Gasteiger charge is -2.08. The smallest absolute Gasteiger partial charge is 0.322 e. The number of fused-ring (bicyclic) bond motifs is 1. The molecule has 0 saturated heterocycles. The quantitative estimate of drug-likeness (QED) is 0.572. The zero-order valence-electron chi connectivity index (χ0n) is 11.8. The Bertz CT molecular complexity index is 837. The van der Waals surface area contributed by atoms with E-state index in [1.165, 1.54) is 0 Å². The van der Waals surface area contributed by atoms with Crippen molar-refractivity contribution < 1.29 is 9.90 Å². The molecule has 0 spiro atoms. The number of nitrogens with one attached hydrogen (secondary N) is 2. The number of nitrogen functional groups attached to an aromatic ring is 1. The van der Waals surface area contributed by atoms with Crippen molar-refractivity contribution in [3.05, 3.63) is 30.1 Å². The number of hydrogen-bond acceptors (Lipinski definition) is 6. The minimum atomic E-state index is -0.961. The van der Waals surface area contributed by atoms with Crippen LogP contribution in [0.3, 0.4) is 0 Å². The normalized spacial score (nSPS) is 10.8. The molecule has 3 aromatic rings. The molecule has 3 rings (SSSR count). The van der Waals surface area contributed by atoms with Gasteiger partial charge in [0.2, 0.25) is 5.95 Å². The molecule has 0 atom stereocenters. The van der Waals surface area contributed by atoms with Crippen LogP contribution in [0.5, 0.6) is 0 Å². The SMILES string of the molecule is Cc1cc(-c2cc(NCC(=O)O)nc3[nH]ccc23)nc(N)n1. The number of rotatable bonds is 4. The maximum absolute atomic E-state index is 10.7. The third-order valence-corrected chi connectivity index (χ3v) is 3.10. The van der Waals surface area contributed by atoms with Crippen molar-refractivity contribution in [2.24, 2.45) is 0 Å². The minimum Gasteiger partial charge on any atom is -0.480 e. The number of anilines is 2. The fourth-order valence-electron chi connectivity index (χ4n) is 2.24. The first-order valence-electron chi connectivity index (χ1n) is 6.58. The highest BCUT2D eigenvalue weighted by atomic mass is 16.4. The van der Waals surface area contributed by atoms with Crippen molar-refractivity contribution in [3.8, 4) is 11.3 Å². The van der Waals surface area contributed by atoms with Crippen molar-refractivity contribution in [2.75, 3.05) is 17.6 Å². The summed E-state index contributed by atoms with van der Waals surface area (Å²) >= 11 is 0. The fraction of sp³-hybridized carbons (Fsp3) is 0.143. The van der Waals surface area contributed by atoms with Gasteiger partial charge in [-0.05, 0) is 25.1 Å². The van der Waals surface area contributed by atoms with Crippen LogP contribution in [0.4, 0.5) is 11.8 Å². The zero-order valence-corrected chi connectivity index (χ0v) is 11.8. The van der Waals surface area contributed by atoms with E-state index in [0.29, 0.717) is 17.2 Å². The van der Waals surface area contributed by atoms with Crippen molar-refractivity contribution in [1.29, 1.82) is 0 Å². The molecule has 0 aliphatic rings. The Hall–Kier alpha value is -3.16. The molecule has 0 aliphatic heterocycles. The van der Waals surface area contributed by atoms with Crippen LogP contribution in [-0.4, -0.2) is 37.6 Å². The van der Waals surface area contributed by atoms with Gasteiger partial charge in [-0.3, -0.25) is 4.79 Å². The average molecular weight is 298 g/mol. The van der Waals surface area contributed by atoms with E-state index in [2.05, 4.69) is 25.3 Å². The number of nitrogens with two attached hydrogens (primary N) is 1. The van der Waals surface area contributed by atoms with E-state index >= 15 is 0 Å². The number of aromatic amines is 1. The molecule has 0 aliphatic carbocycles. The van der Waals surface area contributed by atoms with Gasteiger partial charge in [-0.15, -0.1) is 0 Å². The first-order chi connectivity index (χ1) is 10.5. The maximum atomic E-state index is 10.7. The molecular weight excluding hydrogens is 284 g/mol. The van der Waals surface area contributed by atoms with Gasteiger partial charge in [-0.25, -0.2) is 15.0 Å². The third-order valence-electron chi connectivity index (χ3n) is 3.10. The molecule has 0 radical (unpaired) electrons. The van der Waals surface area contributed by atoms with E-state index in [1.54, 1.807) is 12.3 Å². The maximum Gasteiger partial charge on any atom is 0.322 e. The fourth-order valence-corrected chi connectivity index (χ4v) is 2.24. The van der Waals surface area contributed by atoms with Crippen LogP contribution in [0.2, 0.25) is 0 Å². The predicted octanol–water partition coefficient (Wildman–Crippen LogP) is 1.41. The lowest BCUT2D eigenvalue weighted by molar-refractivity contribution is -0.134. The molecule has 3 heterocycles. The van der Waals surface area contributed by atoms with Gasteiger partial charge >= 0.3 is 5.97 Å². The van der Waals surface area contributed by atoms with E-state index in [1.807, 2.05) is 19.1 Å². The van der Waals surface area contributed by atoms with Gasteiger partial charge in [0.1, 0.15) is 18.0 Å². The lowest BCUT2D eigenvalue weighted by atomic mass is 10.1. The van der Waals surface area contributed by atoms with Crippen LogP contribution in [-0.2, 0) is 4.79 Å². The number of carboxylic acids is 1. The Balaban J connectivity index is 2.14. The summed E-state index contributed by atoms with van der Waals surface area (Å²) in [5, 5.41) is 12.4. The van der Waals surface area contributed by atoms with Gasteiger partial charge in [0.15, 0.2) is 0 Å². The number of carbonyl (C=O) groups is 1. The van der Waals surface area contributed by atoms with Gasteiger partial charge in [-0.2, -0.15) is 0 Å². The second-order valence-corrected chi connectivity index (χ2v) is 4.80. The number of H-pyrrole nitrogens is 1. The minimum absolute atomic E-state index is 0.190. The summed E-state index contributed by atoms with van der Waals surface area (Å²) in [7, 11) is 0. The van der Waals surface area contributed by atoms with Gasteiger partial charge in [-0.1, -0.05) is 0 Å². The predicted molar refractivity (Wildman–Crippen MR) is 82.4 cm³/mol. The molecule has 5 N–H and O–H groups in total. The van der Waals surface area contributed by atoms with Gasteiger partial charge in [0.05, 0.1) is 5.69 Å². The topological polar surface area (TPSA) is 130 Å². The lowest BCUT2D eigenvalue weighted by Crippen LogP contribution is -2.13. The van der Waals surface area contributed by atoms with Crippen molar-refractivity contribution in [3.63, 3.8) is 0 Å². The van der Waals surface area contributed by atoms with Crippen LogP contribution in [0.15, 0.2) is 24.4 Å². The molecule has 8 heteroatoms. The van der Waals surface area contributed by atoms with Gasteiger partial charge in [0, 0.05) is 22.8 Å². The highest BCUT2D eigenvalue weighted by Gasteiger charge is 2.12. The number of hydrogen-bond donors (Lipinski definition) is 4. The summed E-state index contributed by atoms with van der Waals surface area (Å²) < 4.78 is 0. The van der Waals surface area contributed by atoms with Crippen molar-refractivity contribution in [1.82, 2.24) is 19.9 Å². The number of aryl methyl sites for hydroxylation is 1. The largest absolute Gasteiger partial charge is 0.480 e. The van der Waals surface area contributed by atoms with E-state index in [-0.39, 0.29) is 12.5 Å². The summed E-state index contributed by atoms with van der Waals surface area (Å²) in [5.41, 5.74) is 8.57. The van der Waals surface area contributed by atoms with Crippen LogP contribution < -0.4 is 11.1 Å². The molecule has 8 nitrogen and oxygen atoms in total. The molecule has 3 aromatic heterocycles. The Morgan fingerprint density at radius 2 is 2.18 bits per heavy atom. The molecule has 0 bridgehead atoms. The summed E-state index contributed by atoms with van der Waals surface area (Å²) in [4.78, 5) is 26.4. The summed E-state index contributed by atoms with van der Waals surface area (Å²) in [6.45, 7) is 1.62. The number of carboxylic acid groups (broad SMARTS) is 1. The van der Waals surface area contributed by atoms with E-state index in [0.717, 1.165) is 16.6 Å². The third kappa shape index (κ3) is 2.66. The molecule has 0 aromatic carbocycles.